The Morgan fingerprint density at radius 3 is 2.86 bits per heavy atom. The van der Waals surface area contributed by atoms with Gasteiger partial charge in [-0.1, -0.05) is 24.8 Å². The van der Waals surface area contributed by atoms with Crippen molar-refractivity contribution in [1.82, 2.24) is 0 Å². The highest BCUT2D eigenvalue weighted by atomic mass is 33.1. The lowest BCUT2D eigenvalue weighted by atomic mass is 10.5. The van der Waals surface area contributed by atoms with E-state index in [1.165, 1.54) is 11.3 Å². The summed E-state index contributed by atoms with van der Waals surface area (Å²) in [6, 6.07) is 3.33. The van der Waals surface area contributed by atoms with Gasteiger partial charge >= 0.3 is 0 Å². The second-order valence-corrected chi connectivity index (χ2v) is 7.66. The summed E-state index contributed by atoms with van der Waals surface area (Å²) in [5.41, 5.74) is 0. The summed E-state index contributed by atoms with van der Waals surface area (Å²) in [6.07, 6.45) is 3.25. The predicted molar refractivity (Wildman–Crippen MR) is 63.0 cm³/mol. The van der Waals surface area contributed by atoms with Crippen molar-refractivity contribution in [2.45, 2.75) is 11.1 Å². The molecular weight excluding hydrogens is 236 g/mol. The van der Waals surface area contributed by atoms with Crippen LogP contribution in [0.15, 0.2) is 45.4 Å². The Morgan fingerprint density at radius 1 is 1.64 bits per heavy atom. The molecule has 0 saturated heterocycles. The van der Waals surface area contributed by atoms with E-state index in [2.05, 4.69) is 6.58 Å². The van der Waals surface area contributed by atoms with Crippen molar-refractivity contribution < 1.29 is 8.42 Å². The molecule has 0 saturated carbocycles. The van der Waals surface area contributed by atoms with Crippen molar-refractivity contribution in [3.05, 3.63) is 41.1 Å². The molecule has 0 aliphatic carbocycles. The molecule has 1 aromatic heterocycles. The van der Waals surface area contributed by atoms with Crippen molar-refractivity contribution in [2.24, 2.45) is 0 Å². The molecule has 14 heavy (non-hydrogen) atoms. The van der Waals surface area contributed by atoms with Crippen molar-refractivity contribution in [2.75, 3.05) is 0 Å². The molecule has 0 unspecified atom stereocenters. The van der Waals surface area contributed by atoms with Gasteiger partial charge in [0.1, 0.15) is 4.21 Å². The van der Waals surface area contributed by atoms with Gasteiger partial charge in [0.05, 0.1) is 0 Å². The van der Waals surface area contributed by atoms with Gasteiger partial charge < -0.3 is 0 Å². The minimum absolute atomic E-state index is 0.388. The lowest BCUT2D eigenvalue weighted by Gasteiger charge is -1.99. The maximum Gasteiger partial charge on any atom is 0.243 e. The van der Waals surface area contributed by atoms with Crippen LogP contribution in [0.3, 0.4) is 0 Å². The van der Waals surface area contributed by atoms with Gasteiger partial charge in [0.15, 0.2) is 0 Å². The van der Waals surface area contributed by atoms with E-state index >= 15 is 0 Å². The monoisotopic (exact) mass is 246 g/mol. The van der Waals surface area contributed by atoms with Gasteiger partial charge in [-0.05, 0) is 23.3 Å². The van der Waals surface area contributed by atoms with E-state index in [0.29, 0.717) is 9.11 Å². The maximum atomic E-state index is 11.7. The van der Waals surface area contributed by atoms with Crippen LogP contribution in [0.2, 0.25) is 0 Å². The Bertz CT molecular complexity index is 427. The van der Waals surface area contributed by atoms with Gasteiger partial charge in [-0.3, -0.25) is 0 Å². The molecule has 1 aromatic rings. The first-order valence-electron chi connectivity index (χ1n) is 3.83. The van der Waals surface area contributed by atoms with E-state index in [1.54, 1.807) is 36.6 Å². The second kappa shape index (κ2) is 4.82. The molecular formula is C9H10O2S3. The van der Waals surface area contributed by atoms with E-state index in [9.17, 15) is 8.42 Å². The summed E-state index contributed by atoms with van der Waals surface area (Å²) in [5.74, 6) is 0. The molecule has 2 nitrogen and oxygen atoms in total. The largest absolute Gasteiger partial charge is 0.243 e. The van der Waals surface area contributed by atoms with Crippen LogP contribution in [0.25, 0.3) is 0 Å². The van der Waals surface area contributed by atoms with Crippen LogP contribution in [-0.4, -0.2) is 8.42 Å². The molecule has 0 N–H and O–H groups in total. The summed E-state index contributed by atoms with van der Waals surface area (Å²) in [7, 11) is -2.36. The van der Waals surface area contributed by atoms with E-state index in [-0.39, 0.29) is 0 Å². The molecule has 1 heterocycles. The standard InChI is InChI=1S/C9H10O2S3/c1-3-5-8(2)13-14(10,11)9-6-4-7-12-9/h3-7H,1H2,2H3/b8-5-. The minimum atomic E-state index is -3.22. The third-order valence-corrected chi connectivity index (χ3v) is 6.49. The van der Waals surface area contributed by atoms with Crippen LogP contribution in [0.4, 0.5) is 0 Å². The van der Waals surface area contributed by atoms with Crippen LogP contribution in [0.1, 0.15) is 6.92 Å². The van der Waals surface area contributed by atoms with Crippen molar-refractivity contribution in [1.29, 1.82) is 0 Å². The Kier molecular flexibility index (Phi) is 3.97. The molecule has 0 fully saturated rings. The quantitative estimate of drug-likeness (QED) is 0.604. The zero-order valence-electron chi connectivity index (χ0n) is 7.64. The first-order chi connectivity index (χ1) is 6.56. The first-order valence-corrected chi connectivity index (χ1v) is 7.53. The Balaban J connectivity index is 2.89. The third kappa shape index (κ3) is 3.01. The second-order valence-electron chi connectivity index (χ2n) is 2.48. The smallest absolute Gasteiger partial charge is 0.211 e. The first kappa shape index (κ1) is 11.6. The number of rotatable bonds is 4. The summed E-state index contributed by atoms with van der Waals surface area (Å²) in [4.78, 5) is 0.716. The van der Waals surface area contributed by atoms with Crippen LogP contribution >= 0.6 is 22.1 Å². The number of hydrogen-bond donors (Lipinski definition) is 0. The van der Waals surface area contributed by atoms with Gasteiger partial charge in [-0.15, -0.1) is 11.3 Å². The summed E-state index contributed by atoms with van der Waals surface area (Å²) >= 11 is 1.23. The van der Waals surface area contributed by atoms with Crippen LogP contribution in [0, 0.1) is 0 Å². The molecule has 0 aliphatic rings. The molecule has 0 bridgehead atoms. The molecule has 0 atom stereocenters. The highest BCUT2D eigenvalue weighted by molar-refractivity contribution is 8.73. The Morgan fingerprint density at radius 2 is 2.36 bits per heavy atom. The molecule has 0 aromatic carbocycles. The fourth-order valence-electron chi connectivity index (χ4n) is 0.814. The molecule has 76 valence electrons. The van der Waals surface area contributed by atoms with Crippen LogP contribution < -0.4 is 0 Å². The third-order valence-electron chi connectivity index (χ3n) is 1.34. The highest BCUT2D eigenvalue weighted by Gasteiger charge is 2.16. The summed E-state index contributed by atoms with van der Waals surface area (Å²) in [5, 5.41) is 1.75. The molecule has 5 heteroatoms. The number of hydrogen-bond acceptors (Lipinski definition) is 4. The average molecular weight is 246 g/mol. The van der Waals surface area contributed by atoms with E-state index in [1.807, 2.05) is 0 Å². The van der Waals surface area contributed by atoms with Gasteiger partial charge in [-0.25, -0.2) is 8.42 Å². The van der Waals surface area contributed by atoms with Crippen LogP contribution in [0.5, 0.6) is 0 Å². The van der Waals surface area contributed by atoms with Crippen molar-refractivity contribution >= 4 is 31.0 Å². The molecule has 0 radical (unpaired) electrons. The fraction of sp³-hybridized carbons (Fsp3) is 0.111. The normalized spacial score (nSPS) is 12.8. The number of allylic oxidation sites excluding steroid dienone is 3. The van der Waals surface area contributed by atoms with Crippen molar-refractivity contribution in [3.63, 3.8) is 0 Å². The number of thiophene rings is 1. The molecule has 0 amide bonds. The van der Waals surface area contributed by atoms with E-state index in [4.69, 9.17) is 0 Å². The van der Waals surface area contributed by atoms with Gasteiger partial charge in [0.25, 0.3) is 0 Å². The van der Waals surface area contributed by atoms with Gasteiger partial charge in [0, 0.05) is 10.8 Å². The molecule has 1 rings (SSSR count). The topological polar surface area (TPSA) is 34.1 Å². The predicted octanol–water partition coefficient (Wildman–Crippen LogP) is 3.26. The van der Waals surface area contributed by atoms with E-state index < -0.39 is 8.87 Å². The SMILES string of the molecule is C=C/C=C(/C)SS(=O)(=O)c1cccs1. The van der Waals surface area contributed by atoms with Gasteiger partial charge in [-0.2, -0.15) is 0 Å². The molecule has 0 spiro atoms. The average Bonchev–Trinajstić information content (AvgIpc) is 2.54. The molecule has 0 aliphatic heterocycles. The minimum Gasteiger partial charge on any atom is -0.211 e. The fourth-order valence-corrected chi connectivity index (χ4v) is 5.00. The van der Waals surface area contributed by atoms with Gasteiger partial charge in [0.2, 0.25) is 8.87 Å². The lowest BCUT2D eigenvalue weighted by Crippen LogP contribution is -1.90. The Labute approximate surface area is 91.7 Å². The highest BCUT2D eigenvalue weighted by Crippen LogP contribution is 2.31. The van der Waals surface area contributed by atoms with E-state index in [0.717, 1.165) is 10.8 Å². The Hall–Kier alpha value is -0.520. The zero-order chi connectivity index (χ0) is 10.6. The summed E-state index contributed by atoms with van der Waals surface area (Å²) < 4.78 is 23.7. The van der Waals surface area contributed by atoms with Crippen molar-refractivity contribution in [3.8, 4) is 0 Å². The zero-order valence-corrected chi connectivity index (χ0v) is 10.1. The van der Waals surface area contributed by atoms with Crippen LogP contribution in [-0.2, 0) is 8.87 Å². The maximum absolute atomic E-state index is 11.7. The lowest BCUT2D eigenvalue weighted by molar-refractivity contribution is 0.612. The summed E-state index contributed by atoms with van der Waals surface area (Å²) in [6.45, 7) is 5.26.